The predicted octanol–water partition coefficient (Wildman–Crippen LogP) is 4.02. The number of hydrogen-bond acceptors (Lipinski definition) is 4. The topological polar surface area (TPSA) is 51.2 Å². The molecule has 1 heterocycles. The van der Waals surface area contributed by atoms with Crippen molar-refractivity contribution in [2.75, 3.05) is 11.9 Å². The van der Waals surface area contributed by atoms with E-state index in [9.17, 15) is 4.79 Å². The number of hydrogen-bond donors (Lipinski definition) is 1. The molecule has 2 aromatic rings. The molecule has 120 valence electrons. The highest BCUT2D eigenvalue weighted by atomic mass is 16.5. The first-order chi connectivity index (χ1) is 11.0. The number of aryl methyl sites for hydroxylation is 3. The summed E-state index contributed by atoms with van der Waals surface area (Å²) in [7, 11) is 0. The van der Waals surface area contributed by atoms with Crippen LogP contribution in [0.2, 0.25) is 0 Å². The Hall–Kier alpha value is -2.62. The molecule has 2 rings (SSSR count). The van der Waals surface area contributed by atoms with Crippen molar-refractivity contribution in [1.29, 1.82) is 0 Å². The Balaban J connectivity index is 2.34. The third kappa shape index (κ3) is 4.68. The monoisotopic (exact) mass is 310 g/mol. The van der Waals surface area contributed by atoms with Crippen LogP contribution in [0.4, 0.5) is 5.69 Å². The smallest absolute Gasteiger partial charge is 0.354 e. The molecule has 0 saturated carbocycles. The summed E-state index contributed by atoms with van der Waals surface area (Å²) in [5.41, 5.74) is 5.51. The van der Waals surface area contributed by atoms with E-state index < -0.39 is 0 Å². The third-order valence-electron chi connectivity index (χ3n) is 3.49. The summed E-state index contributed by atoms with van der Waals surface area (Å²) in [6.45, 7) is 8.19. The normalized spacial score (nSPS) is 11.2. The SMILES string of the molecule is CCOC(=O)/C(=C\c1ccc(C)c(C)c1)Nc1cncc(C)c1. The number of nitrogens with one attached hydrogen (secondary N) is 1. The first-order valence-corrected chi connectivity index (χ1v) is 7.64. The highest BCUT2D eigenvalue weighted by molar-refractivity contribution is 5.96. The molecular formula is C19H22N2O2. The molecular weight excluding hydrogens is 288 g/mol. The van der Waals surface area contributed by atoms with Gasteiger partial charge in [0.1, 0.15) is 5.70 Å². The standard InChI is InChI=1S/C19H22N2O2/c1-5-23-19(22)18(21-17-8-13(2)11-20-12-17)10-16-7-6-14(3)15(4)9-16/h6-12,21H,5H2,1-4H3/b18-10+. The van der Waals surface area contributed by atoms with Crippen LogP contribution in [0, 0.1) is 20.8 Å². The van der Waals surface area contributed by atoms with Crippen LogP contribution in [0.5, 0.6) is 0 Å². The van der Waals surface area contributed by atoms with Crippen molar-refractivity contribution in [3.63, 3.8) is 0 Å². The van der Waals surface area contributed by atoms with Crippen LogP contribution in [0.15, 0.2) is 42.4 Å². The van der Waals surface area contributed by atoms with Gasteiger partial charge in [-0.3, -0.25) is 4.98 Å². The number of esters is 1. The minimum Gasteiger partial charge on any atom is -0.461 e. The summed E-state index contributed by atoms with van der Waals surface area (Å²) in [5.74, 6) is -0.382. The van der Waals surface area contributed by atoms with Gasteiger partial charge in [-0.15, -0.1) is 0 Å². The average molecular weight is 310 g/mol. The van der Waals surface area contributed by atoms with Crippen LogP contribution in [-0.4, -0.2) is 17.6 Å². The Kier molecular flexibility index (Phi) is 5.52. The quantitative estimate of drug-likeness (QED) is 0.669. The Morgan fingerprint density at radius 2 is 1.96 bits per heavy atom. The number of carbonyl (C=O) groups is 1. The van der Waals surface area contributed by atoms with E-state index in [-0.39, 0.29) is 5.97 Å². The van der Waals surface area contributed by atoms with Gasteiger partial charge in [0.15, 0.2) is 0 Å². The zero-order chi connectivity index (χ0) is 16.8. The van der Waals surface area contributed by atoms with Crippen LogP contribution in [-0.2, 0) is 9.53 Å². The molecule has 0 saturated heterocycles. The summed E-state index contributed by atoms with van der Waals surface area (Å²) in [6, 6.07) is 8.00. The van der Waals surface area contributed by atoms with Crippen LogP contribution in [0.25, 0.3) is 6.08 Å². The predicted molar refractivity (Wildman–Crippen MR) is 93.1 cm³/mol. The second kappa shape index (κ2) is 7.58. The van der Waals surface area contributed by atoms with Crippen molar-refractivity contribution in [2.45, 2.75) is 27.7 Å². The van der Waals surface area contributed by atoms with E-state index in [1.807, 2.05) is 31.2 Å². The molecule has 0 spiro atoms. The second-order valence-electron chi connectivity index (χ2n) is 5.50. The molecule has 0 aliphatic rings. The minimum atomic E-state index is -0.382. The summed E-state index contributed by atoms with van der Waals surface area (Å²) in [4.78, 5) is 16.3. The highest BCUT2D eigenvalue weighted by Crippen LogP contribution is 2.17. The van der Waals surface area contributed by atoms with Gasteiger partial charge in [-0.05, 0) is 62.1 Å². The molecule has 23 heavy (non-hydrogen) atoms. The summed E-state index contributed by atoms with van der Waals surface area (Å²) in [6.07, 6.45) is 5.25. The van der Waals surface area contributed by atoms with Gasteiger partial charge in [0, 0.05) is 6.20 Å². The van der Waals surface area contributed by atoms with Crippen molar-refractivity contribution in [1.82, 2.24) is 4.98 Å². The van der Waals surface area contributed by atoms with Crippen molar-refractivity contribution in [2.24, 2.45) is 0 Å². The molecule has 0 radical (unpaired) electrons. The Morgan fingerprint density at radius 1 is 1.17 bits per heavy atom. The van der Waals surface area contributed by atoms with Gasteiger partial charge in [0.05, 0.1) is 18.5 Å². The number of benzene rings is 1. The van der Waals surface area contributed by atoms with Gasteiger partial charge in [0.25, 0.3) is 0 Å². The van der Waals surface area contributed by atoms with Gasteiger partial charge in [0.2, 0.25) is 0 Å². The van der Waals surface area contributed by atoms with E-state index in [1.165, 1.54) is 11.1 Å². The van der Waals surface area contributed by atoms with Gasteiger partial charge in [-0.2, -0.15) is 0 Å². The van der Waals surface area contributed by atoms with Gasteiger partial charge in [-0.25, -0.2) is 4.79 Å². The second-order valence-corrected chi connectivity index (χ2v) is 5.50. The van der Waals surface area contributed by atoms with Crippen molar-refractivity contribution in [3.8, 4) is 0 Å². The molecule has 4 heteroatoms. The zero-order valence-electron chi connectivity index (χ0n) is 14.0. The van der Waals surface area contributed by atoms with Gasteiger partial charge >= 0.3 is 5.97 Å². The molecule has 0 bridgehead atoms. The number of pyridine rings is 1. The number of anilines is 1. The molecule has 0 aliphatic heterocycles. The number of carbonyl (C=O) groups excluding carboxylic acids is 1. The largest absolute Gasteiger partial charge is 0.461 e. The summed E-state index contributed by atoms with van der Waals surface area (Å²) < 4.78 is 5.14. The van der Waals surface area contributed by atoms with Crippen LogP contribution in [0.1, 0.15) is 29.2 Å². The van der Waals surface area contributed by atoms with E-state index >= 15 is 0 Å². The fourth-order valence-electron chi connectivity index (χ4n) is 2.15. The number of rotatable bonds is 5. The fraction of sp³-hybridized carbons (Fsp3) is 0.263. The average Bonchev–Trinajstić information content (AvgIpc) is 2.50. The number of aromatic nitrogens is 1. The Morgan fingerprint density at radius 3 is 2.61 bits per heavy atom. The molecule has 0 fully saturated rings. The zero-order valence-corrected chi connectivity index (χ0v) is 14.0. The molecule has 1 aromatic heterocycles. The van der Waals surface area contributed by atoms with Crippen molar-refractivity contribution < 1.29 is 9.53 Å². The van der Waals surface area contributed by atoms with Gasteiger partial charge < -0.3 is 10.1 Å². The summed E-state index contributed by atoms with van der Waals surface area (Å²) in [5, 5.41) is 3.11. The lowest BCUT2D eigenvalue weighted by atomic mass is 10.1. The maximum Gasteiger partial charge on any atom is 0.354 e. The molecule has 0 aliphatic carbocycles. The lowest BCUT2D eigenvalue weighted by Crippen LogP contribution is -2.15. The lowest BCUT2D eigenvalue weighted by molar-refractivity contribution is -0.138. The van der Waals surface area contributed by atoms with Crippen molar-refractivity contribution >= 4 is 17.7 Å². The Bertz CT molecular complexity index is 736. The maximum atomic E-state index is 12.2. The number of ether oxygens (including phenoxy) is 1. The van der Waals surface area contributed by atoms with Gasteiger partial charge in [-0.1, -0.05) is 18.2 Å². The molecule has 4 nitrogen and oxygen atoms in total. The van der Waals surface area contributed by atoms with E-state index in [4.69, 9.17) is 4.74 Å². The van der Waals surface area contributed by atoms with Crippen LogP contribution < -0.4 is 5.32 Å². The van der Waals surface area contributed by atoms with Crippen molar-refractivity contribution in [3.05, 3.63) is 64.6 Å². The fourth-order valence-corrected chi connectivity index (χ4v) is 2.15. The number of nitrogens with zero attached hydrogens (tertiary/aromatic N) is 1. The molecule has 1 N–H and O–H groups in total. The van der Waals surface area contributed by atoms with Crippen LogP contribution in [0.3, 0.4) is 0 Å². The Labute approximate surface area is 137 Å². The molecule has 1 aromatic carbocycles. The maximum absolute atomic E-state index is 12.2. The minimum absolute atomic E-state index is 0.330. The molecule has 0 atom stereocenters. The van der Waals surface area contributed by atoms with Crippen LogP contribution >= 0.6 is 0 Å². The first kappa shape index (κ1) is 16.7. The summed E-state index contributed by atoms with van der Waals surface area (Å²) >= 11 is 0. The highest BCUT2D eigenvalue weighted by Gasteiger charge is 2.11. The molecule has 0 unspecified atom stereocenters. The van der Waals surface area contributed by atoms with E-state index in [1.54, 1.807) is 25.4 Å². The first-order valence-electron chi connectivity index (χ1n) is 7.64. The lowest BCUT2D eigenvalue weighted by Gasteiger charge is -2.11. The third-order valence-corrected chi connectivity index (χ3v) is 3.49. The van der Waals surface area contributed by atoms with E-state index in [0.717, 1.165) is 16.8 Å². The van der Waals surface area contributed by atoms with E-state index in [2.05, 4.69) is 24.1 Å². The molecule has 0 amide bonds. The van der Waals surface area contributed by atoms with E-state index in [0.29, 0.717) is 12.3 Å².